The predicted molar refractivity (Wildman–Crippen MR) is 86.6 cm³/mol. The highest BCUT2D eigenvalue weighted by Crippen LogP contribution is 2.25. The van der Waals surface area contributed by atoms with Crippen molar-refractivity contribution in [3.8, 4) is 0 Å². The molecule has 2 fully saturated rings. The van der Waals surface area contributed by atoms with Crippen molar-refractivity contribution >= 4 is 17.7 Å². The van der Waals surface area contributed by atoms with Gasteiger partial charge < -0.3 is 14.9 Å². The second-order valence-electron chi connectivity index (χ2n) is 6.35. The zero-order valence-corrected chi connectivity index (χ0v) is 13.3. The molecule has 6 nitrogen and oxygen atoms in total. The molecular formula is C17H23N3O3. The van der Waals surface area contributed by atoms with Crippen molar-refractivity contribution in [2.24, 2.45) is 5.92 Å². The number of carboxylic acids is 1. The lowest BCUT2D eigenvalue weighted by atomic mass is 9.97. The summed E-state index contributed by atoms with van der Waals surface area (Å²) in [6, 6.07) is 3.59. The van der Waals surface area contributed by atoms with Crippen molar-refractivity contribution < 1.29 is 14.7 Å². The molecule has 0 bridgehead atoms. The average Bonchev–Trinajstić information content (AvgIpc) is 2.62. The van der Waals surface area contributed by atoms with E-state index in [1.165, 1.54) is 6.42 Å². The van der Waals surface area contributed by atoms with Gasteiger partial charge in [-0.05, 0) is 44.2 Å². The summed E-state index contributed by atoms with van der Waals surface area (Å²) < 4.78 is 0. The highest BCUT2D eigenvalue weighted by Gasteiger charge is 2.30. The van der Waals surface area contributed by atoms with Gasteiger partial charge in [0.05, 0.1) is 11.5 Å². The van der Waals surface area contributed by atoms with Gasteiger partial charge in [-0.1, -0.05) is 0 Å². The van der Waals surface area contributed by atoms with Crippen LogP contribution in [0.1, 0.15) is 42.5 Å². The lowest BCUT2D eigenvalue weighted by Gasteiger charge is -2.33. The molecule has 2 aliphatic rings. The fraction of sp³-hybridized carbons (Fsp3) is 0.588. The van der Waals surface area contributed by atoms with Gasteiger partial charge in [-0.3, -0.25) is 9.59 Å². The van der Waals surface area contributed by atoms with E-state index in [0.29, 0.717) is 25.1 Å². The number of carboxylic acid groups (broad SMARTS) is 1. The van der Waals surface area contributed by atoms with Crippen molar-refractivity contribution in [2.45, 2.75) is 32.1 Å². The molecule has 3 rings (SSSR count). The number of aliphatic carboxylic acids is 1. The van der Waals surface area contributed by atoms with Gasteiger partial charge in [0.1, 0.15) is 5.82 Å². The Kier molecular flexibility index (Phi) is 4.79. The smallest absolute Gasteiger partial charge is 0.308 e. The predicted octanol–water partition coefficient (Wildman–Crippen LogP) is 2.01. The zero-order chi connectivity index (χ0) is 16.2. The second kappa shape index (κ2) is 6.98. The van der Waals surface area contributed by atoms with E-state index in [0.717, 1.165) is 38.2 Å². The van der Waals surface area contributed by atoms with Crippen LogP contribution >= 0.6 is 0 Å². The molecule has 1 amide bonds. The first-order valence-corrected chi connectivity index (χ1v) is 8.39. The Morgan fingerprint density at radius 3 is 2.65 bits per heavy atom. The van der Waals surface area contributed by atoms with Gasteiger partial charge in [0, 0.05) is 32.4 Å². The molecule has 0 aromatic carbocycles. The minimum Gasteiger partial charge on any atom is -0.481 e. The number of nitrogens with zero attached hydrogens (tertiary/aromatic N) is 3. The third-order valence-corrected chi connectivity index (χ3v) is 4.73. The van der Waals surface area contributed by atoms with Crippen molar-refractivity contribution in [1.29, 1.82) is 0 Å². The van der Waals surface area contributed by atoms with Crippen molar-refractivity contribution in [3.05, 3.63) is 23.9 Å². The van der Waals surface area contributed by atoms with Gasteiger partial charge in [0.15, 0.2) is 0 Å². The number of carbonyl (C=O) groups excluding carboxylic acids is 1. The van der Waals surface area contributed by atoms with Crippen molar-refractivity contribution in [2.75, 3.05) is 31.1 Å². The highest BCUT2D eigenvalue weighted by molar-refractivity contribution is 5.99. The van der Waals surface area contributed by atoms with E-state index in [9.17, 15) is 14.7 Å². The van der Waals surface area contributed by atoms with Crippen LogP contribution in [0.25, 0.3) is 0 Å². The number of hydrogen-bond donors (Lipinski definition) is 1. The summed E-state index contributed by atoms with van der Waals surface area (Å²) in [6.07, 6.45) is 6.56. The van der Waals surface area contributed by atoms with Crippen molar-refractivity contribution in [1.82, 2.24) is 9.88 Å². The molecule has 0 aliphatic carbocycles. The number of aromatic nitrogens is 1. The summed E-state index contributed by atoms with van der Waals surface area (Å²) in [5.74, 6) is -0.618. The summed E-state index contributed by atoms with van der Waals surface area (Å²) in [5, 5.41) is 9.21. The number of pyridine rings is 1. The number of anilines is 1. The largest absolute Gasteiger partial charge is 0.481 e. The van der Waals surface area contributed by atoms with Crippen molar-refractivity contribution in [3.63, 3.8) is 0 Å². The molecule has 0 spiro atoms. The Morgan fingerprint density at radius 1 is 1.13 bits per heavy atom. The van der Waals surface area contributed by atoms with E-state index >= 15 is 0 Å². The fourth-order valence-corrected chi connectivity index (χ4v) is 3.46. The molecule has 2 aliphatic heterocycles. The van der Waals surface area contributed by atoms with E-state index in [2.05, 4.69) is 9.88 Å². The monoisotopic (exact) mass is 317 g/mol. The first-order valence-electron chi connectivity index (χ1n) is 8.39. The van der Waals surface area contributed by atoms with Crippen LogP contribution in [0.5, 0.6) is 0 Å². The van der Waals surface area contributed by atoms with Crippen LogP contribution in [0.2, 0.25) is 0 Å². The van der Waals surface area contributed by atoms with Gasteiger partial charge in [-0.2, -0.15) is 0 Å². The van der Waals surface area contributed by atoms with Gasteiger partial charge in [0.25, 0.3) is 5.91 Å². The Bertz CT molecular complexity index is 584. The molecule has 124 valence electrons. The topological polar surface area (TPSA) is 73.7 Å². The van der Waals surface area contributed by atoms with Gasteiger partial charge in [-0.15, -0.1) is 0 Å². The van der Waals surface area contributed by atoms with E-state index in [1.807, 2.05) is 6.07 Å². The normalized spacial score (nSPS) is 22.0. The molecule has 1 atom stereocenters. The molecule has 0 radical (unpaired) electrons. The van der Waals surface area contributed by atoms with Crippen LogP contribution in [0.15, 0.2) is 18.3 Å². The zero-order valence-electron chi connectivity index (χ0n) is 13.3. The molecule has 0 saturated carbocycles. The van der Waals surface area contributed by atoms with Crippen LogP contribution in [0.3, 0.4) is 0 Å². The Labute approximate surface area is 136 Å². The minimum atomic E-state index is -0.815. The van der Waals surface area contributed by atoms with Crippen LogP contribution in [-0.4, -0.2) is 53.0 Å². The van der Waals surface area contributed by atoms with Crippen LogP contribution < -0.4 is 4.90 Å². The Hall–Kier alpha value is -2.11. The molecular weight excluding hydrogens is 294 g/mol. The maximum atomic E-state index is 12.9. The quantitative estimate of drug-likeness (QED) is 0.923. The van der Waals surface area contributed by atoms with Crippen LogP contribution in [0, 0.1) is 5.92 Å². The third kappa shape index (κ3) is 3.46. The lowest BCUT2D eigenvalue weighted by molar-refractivity contribution is -0.143. The summed E-state index contributed by atoms with van der Waals surface area (Å²) in [4.78, 5) is 32.4. The first kappa shape index (κ1) is 15.8. The Balaban J connectivity index is 1.80. The SMILES string of the molecule is O=C(O)C1CCCN(C(=O)c2cccnc2N2CCCCC2)C1. The Morgan fingerprint density at radius 2 is 1.91 bits per heavy atom. The van der Waals surface area contributed by atoms with E-state index in [-0.39, 0.29) is 5.91 Å². The molecule has 1 aromatic rings. The first-order chi connectivity index (χ1) is 11.2. The van der Waals surface area contributed by atoms with Crippen LogP contribution in [0.4, 0.5) is 5.82 Å². The van der Waals surface area contributed by atoms with Crippen LogP contribution in [-0.2, 0) is 4.79 Å². The summed E-state index contributed by atoms with van der Waals surface area (Å²) in [5.41, 5.74) is 0.598. The molecule has 2 saturated heterocycles. The molecule has 6 heteroatoms. The molecule has 23 heavy (non-hydrogen) atoms. The molecule has 1 unspecified atom stereocenters. The average molecular weight is 317 g/mol. The fourth-order valence-electron chi connectivity index (χ4n) is 3.46. The number of piperidine rings is 2. The molecule has 1 N–H and O–H groups in total. The lowest BCUT2D eigenvalue weighted by Crippen LogP contribution is -2.43. The van der Waals surface area contributed by atoms with Gasteiger partial charge >= 0.3 is 5.97 Å². The number of amides is 1. The molecule has 3 heterocycles. The molecule has 1 aromatic heterocycles. The van der Waals surface area contributed by atoms with E-state index < -0.39 is 11.9 Å². The number of rotatable bonds is 3. The van der Waals surface area contributed by atoms with E-state index in [4.69, 9.17) is 0 Å². The standard InChI is InChI=1S/C17H23N3O3/c21-16(20-11-5-6-13(12-20)17(22)23)14-7-4-8-18-15(14)19-9-2-1-3-10-19/h4,7-8,13H,1-3,5-6,9-12H2,(H,22,23). The summed E-state index contributed by atoms with van der Waals surface area (Å²) >= 11 is 0. The van der Waals surface area contributed by atoms with E-state index in [1.54, 1.807) is 17.2 Å². The number of carbonyl (C=O) groups is 2. The third-order valence-electron chi connectivity index (χ3n) is 4.73. The minimum absolute atomic E-state index is 0.0929. The second-order valence-corrected chi connectivity index (χ2v) is 6.35. The highest BCUT2D eigenvalue weighted by atomic mass is 16.4. The van der Waals surface area contributed by atoms with Gasteiger partial charge in [-0.25, -0.2) is 4.98 Å². The maximum Gasteiger partial charge on any atom is 0.308 e. The maximum absolute atomic E-state index is 12.9. The number of likely N-dealkylation sites (tertiary alicyclic amines) is 1. The summed E-state index contributed by atoms with van der Waals surface area (Å²) in [6.45, 7) is 2.77. The summed E-state index contributed by atoms with van der Waals surface area (Å²) in [7, 11) is 0. The number of hydrogen-bond acceptors (Lipinski definition) is 4. The van der Waals surface area contributed by atoms with Gasteiger partial charge in [0.2, 0.25) is 0 Å².